The van der Waals surface area contributed by atoms with Crippen LogP contribution in [0.5, 0.6) is 0 Å². The number of rotatable bonds is 8. The van der Waals surface area contributed by atoms with Crippen LogP contribution in [-0.2, 0) is 13.0 Å². The lowest BCUT2D eigenvalue weighted by Crippen LogP contribution is -2.51. The van der Waals surface area contributed by atoms with Crippen LogP contribution in [0, 0.1) is 23.2 Å². The van der Waals surface area contributed by atoms with E-state index in [9.17, 15) is 0 Å². The molecule has 0 N–H and O–H groups in total. The lowest BCUT2D eigenvalue weighted by atomic mass is 9.48. The highest BCUT2D eigenvalue weighted by Gasteiger charge is 2.54. The van der Waals surface area contributed by atoms with Gasteiger partial charge in [0.25, 0.3) is 0 Å². The first-order valence-corrected chi connectivity index (χ1v) is 12.0. The maximum absolute atomic E-state index is 4.31. The molecule has 144 valence electrons. The first kappa shape index (κ1) is 17.8. The van der Waals surface area contributed by atoms with Crippen molar-refractivity contribution in [3.05, 3.63) is 54.6 Å². The van der Waals surface area contributed by atoms with Crippen LogP contribution in [0.3, 0.4) is 0 Å². The third-order valence-electron chi connectivity index (χ3n) is 7.48. The zero-order valence-electron chi connectivity index (χ0n) is 16.3. The summed E-state index contributed by atoms with van der Waals surface area (Å²) in [7, 11) is 0. The van der Waals surface area contributed by atoms with Crippen molar-refractivity contribution in [1.82, 2.24) is 9.55 Å². The molecule has 1 aromatic heterocycles. The summed E-state index contributed by atoms with van der Waals surface area (Å²) in [6, 6.07) is 11.0. The minimum atomic E-state index is 0.608. The zero-order valence-corrected chi connectivity index (χ0v) is 17.1. The Balaban J connectivity index is 1.26. The molecule has 2 nitrogen and oxygen atoms in total. The van der Waals surface area contributed by atoms with E-state index >= 15 is 0 Å². The van der Waals surface area contributed by atoms with Gasteiger partial charge in [-0.3, -0.25) is 0 Å². The number of aromatic nitrogens is 2. The van der Waals surface area contributed by atoms with E-state index in [0.717, 1.165) is 29.5 Å². The Bertz CT molecular complexity index is 689. The zero-order chi connectivity index (χ0) is 18.1. The second-order valence-electron chi connectivity index (χ2n) is 9.49. The van der Waals surface area contributed by atoms with Crippen molar-refractivity contribution >= 4 is 11.8 Å². The summed E-state index contributed by atoms with van der Waals surface area (Å²) in [5.74, 6) is 4.39. The van der Waals surface area contributed by atoms with Crippen molar-refractivity contribution in [3.8, 4) is 0 Å². The number of imidazole rings is 1. The highest BCUT2D eigenvalue weighted by molar-refractivity contribution is 7.99. The lowest BCUT2D eigenvalue weighted by Gasteiger charge is -2.59. The molecule has 6 rings (SSSR count). The number of hydrogen-bond acceptors (Lipinski definition) is 2. The second-order valence-corrected chi connectivity index (χ2v) is 10.8. The van der Waals surface area contributed by atoms with Crippen LogP contribution in [0.1, 0.15) is 50.5 Å². The van der Waals surface area contributed by atoms with Gasteiger partial charge in [0.1, 0.15) is 0 Å². The summed E-state index contributed by atoms with van der Waals surface area (Å²) in [5, 5.41) is 0.760. The summed E-state index contributed by atoms with van der Waals surface area (Å²) in [6.45, 7) is 1.15. The van der Waals surface area contributed by atoms with E-state index in [1.165, 1.54) is 62.7 Å². The third-order valence-corrected chi connectivity index (χ3v) is 9.05. The molecule has 4 aliphatic carbocycles. The number of nitrogens with zero attached hydrogens (tertiary/aromatic N) is 2. The Morgan fingerprint density at radius 2 is 1.74 bits per heavy atom. The molecule has 2 aromatic rings. The van der Waals surface area contributed by atoms with Crippen molar-refractivity contribution < 1.29 is 0 Å². The van der Waals surface area contributed by atoms with Crippen molar-refractivity contribution in [2.24, 2.45) is 23.2 Å². The number of thioether (sulfide) groups is 1. The first-order chi connectivity index (χ1) is 13.3. The average Bonchev–Trinajstić information content (AvgIpc) is 3.17. The van der Waals surface area contributed by atoms with E-state index in [1.54, 1.807) is 0 Å². The first-order valence-electron chi connectivity index (χ1n) is 10.9. The molecule has 4 aliphatic rings. The Labute approximate surface area is 168 Å². The Hall–Kier alpha value is -1.22. The van der Waals surface area contributed by atoms with Crippen molar-refractivity contribution in [2.75, 3.05) is 5.75 Å². The minimum absolute atomic E-state index is 0.608. The third kappa shape index (κ3) is 3.85. The minimum Gasteiger partial charge on any atom is -0.336 e. The van der Waals surface area contributed by atoms with Crippen LogP contribution >= 0.6 is 11.8 Å². The van der Waals surface area contributed by atoms with Gasteiger partial charge in [-0.05, 0) is 85.9 Å². The maximum atomic E-state index is 4.31. The van der Waals surface area contributed by atoms with Crippen LogP contribution in [0.2, 0.25) is 0 Å². The second kappa shape index (κ2) is 7.66. The van der Waals surface area contributed by atoms with Crippen LogP contribution in [0.15, 0.2) is 49.1 Å². The van der Waals surface area contributed by atoms with Gasteiger partial charge in [-0.15, -0.1) is 0 Å². The fraction of sp³-hybridized carbons (Fsp3) is 0.625. The lowest BCUT2D eigenvalue weighted by molar-refractivity contribution is -0.0553. The van der Waals surface area contributed by atoms with Gasteiger partial charge in [0.15, 0.2) is 0 Å². The molecule has 1 atom stereocenters. The predicted molar refractivity (Wildman–Crippen MR) is 114 cm³/mol. The number of hydrogen-bond donors (Lipinski definition) is 0. The smallest absolute Gasteiger partial charge is 0.0946 e. The standard InChI is InChI=1S/C24H32N2S/c1-2-5-19(6-3-1)7-4-10-27-23(17-26-9-8-25-18-26)24-14-20-11-21(15-24)13-22(12-20)16-24/h1-3,5-6,8-9,18,20-23H,4,7,10-17H2. The van der Waals surface area contributed by atoms with Gasteiger partial charge in [-0.25, -0.2) is 4.98 Å². The number of benzene rings is 1. The van der Waals surface area contributed by atoms with E-state index in [2.05, 4.69) is 57.8 Å². The van der Waals surface area contributed by atoms with Gasteiger partial charge >= 0.3 is 0 Å². The molecule has 0 aliphatic heterocycles. The molecule has 1 heterocycles. The topological polar surface area (TPSA) is 17.8 Å². The van der Waals surface area contributed by atoms with Crippen molar-refractivity contribution in [2.45, 2.75) is 63.2 Å². The summed E-state index contributed by atoms with van der Waals surface area (Å²) >= 11 is 2.28. The molecule has 4 fully saturated rings. The molecule has 0 radical (unpaired) electrons. The molecule has 3 heteroatoms. The molecule has 4 saturated carbocycles. The Morgan fingerprint density at radius 1 is 1.04 bits per heavy atom. The Kier molecular flexibility index (Phi) is 5.06. The Morgan fingerprint density at radius 3 is 2.37 bits per heavy atom. The van der Waals surface area contributed by atoms with Gasteiger partial charge in [0, 0.05) is 24.2 Å². The molecule has 0 saturated heterocycles. The van der Waals surface area contributed by atoms with E-state index in [1.807, 2.05) is 12.5 Å². The van der Waals surface area contributed by atoms with Crippen LogP contribution in [0.4, 0.5) is 0 Å². The van der Waals surface area contributed by atoms with Gasteiger partial charge < -0.3 is 4.57 Å². The quantitative estimate of drug-likeness (QED) is 0.536. The molecular formula is C24H32N2S. The van der Waals surface area contributed by atoms with Gasteiger partial charge in [0.05, 0.1) is 6.33 Å². The highest BCUT2D eigenvalue weighted by atomic mass is 32.2. The van der Waals surface area contributed by atoms with Crippen molar-refractivity contribution in [1.29, 1.82) is 0 Å². The van der Waals surface area contributed by atoms with E-state index < -0.39 is 0 Å². The SMILES string of the molecule is c1ccc(CCCSC(Cn2ccnc2)C23CC4CC(CC(C4)C2)C3)cc1. The fourth-order valence-electron chi connectivity index (χ4n) is 6.73. The molecule has 0 amide bonds. The number of aryl methyl sites for hydroxylation is 1. The van der Waals surface area contributed by atoms with E-state index in [-0.39, 0.29) is 0 Å². The molecule has 27 heavy (non-hydrogen) atoms. The molecule has 1 unspecified atom stereocenters. The summed E-state index contributed by atoms with van der Waals surface area (Å²) in [6.07, 6.45) is 17.8. The van der Waals surface area contributed by atoms with Gasteiger partial charge in [-0.1, -0.05) is 30.3 Å². The molecular weight excluding hydrogens is 348 g/mol. The maximum Gasteiger partial charge on any atom is 0.0946 e. The average molecular weight is 381 g/mol. The summed E-state index contributed by atoms with van der Waals surface area (Å²) in [4.78, 5) is 4.31. The fourth-order valence-corrected chi connectivity index (χ4v) is 8.24. The normalized spacial score (nSPS) is 32.7. The van der Waals surface area contributed by atoms with E-state index in [4.69, 9.17) is 0 Å². The summed E-state index contributed by atoms with van der Waals surface area (Å²) in [5.41, 5.74) is 2.09. The molecule has 1 aromatic carbocycles. The van der Waals surface area contributed by atoms with Crippen molar-refractivity contribution in [3.63, 3.8) is 0 Å². The predicted octanol–water partition coefficient (Wildman–Crippen LogP) is 5.83. The van der Waals surface area contributed by atoms with E-state index in [0.29, 0.717) is 5.41 Å². The highest BCUT2D eigenvalue weighted by Crippen LogP contribution is 2.63. The van der Waals surface area contributed by atoms with Crippen LogP contribution < -0.4 is 0 Å². The van der Waals surface area contributed by atoms with Crippen LogP contribution in [0.25, 0.3) is 0 Å². The monoisotopic (exact) mass is 380 g/mol. The summed E-state index contributed by atoms with van der Waals surface area (Å²) < 4.78 is 2.34. The van der Waals surface area contributed by atoms with Gasteiger partial charge in [-0.2, -0.15) is 11.8 Å². The molecule has 0 spiro atoms. The van der Waals surface area contributed by atoms with Crippen LogP contribution in [-0.4, -0.2) is 20.6 Å². The largest absolute Gasteiger partial charge is 0.336 e. The van der Waals surface area contributed by atoms with Gasteiger partial charge in [0.2, 0.25) is 0 Å². The molecule has 4 bridgehead atoms.